The number of carbonyl (C=O) groups is 1. The van der Waals surface area contributed by atoms with Crippen LogP contribution < -0.4 is 4.74 Å². The molecule has 1 aromatic carbocycles. The summed E-state index contributed by atoms with van der Waals surface area (Å²) in [5.74, 6) is 1.58. The Morgan fingerprint density at radius 3 is 3.00 bits per heavy atom. The number of rotatable bonds is 4. The van der Waals surface area contributed by atoms with E-state index in [4.69, 9.17) is 4.74 Å². The molecule has 6 heteroatoms. The van der Waals surface area contributed by atoms with E-state index in [0.717, 1.165) is 18.0 Å². The third kappa shape index (κ3) is 3.21. The molecule has 1 amide bonds. The lowest BCUT2D eigenvalue weighted by Crippen LogP contribution is -2.41. The predicted molar refractivity (Wildman–Crippen MR) is 86.1 cm³/mol. The number of ether oxygens (including phenoxy) is 1. The number of fused-ring (bicyclic) bond motifs is 1. The number of likely N-dealkylation sites (N-methyl/N-ethyl adjacent to an activating group) is 1. The second-order valence-corrected chi connectivity index (χ2v) is 6.20. The van der Waals surface area contributed by atoms with Crippen LogP contribution in [0.5, 0.6) is 5.75 Å². The average molecular weight is 314 g/mol. The van der Waals surface area contributed by atoms with Crippen molar-refractivity contribution in [3.05, 3.63) is 42.0 Å². The lowest BCUT2D eigenvalue weighted by Gasteiger charge is -2.28. The van der Waals surface area contributed by atoms with Gasteiger partial charge in [-0.1, -0.05) is 18.2 Å². The fourth-order valence-corrected chi connectivity index (χ4v) is 2.84. The van der Waals surface area contributed by atoms with Gasteiger partial charge < -0.3 is 14.2 Å². The van der Waals surface area contributed by atoms with Gasteiger partial charge in [-0.15, -0.1) is 10.2 Å². The summed E-state index contributed by atoms with van der Waals surface area (Å²) in [5.41, 5.74) is 1.17. The molecule has 0 N–H and O–H groups in total. The van der Waals surface area contributed by atoms with Crippen molar-refractivity contribution in [2.45, 2.75) is 45.4 Å². The van der Waals surface area contributed by atoms with Crippen molar-refractivity contribution in [2.75, 3.05) is 7.05 Å². The van der Waals surface area contributed by atoms with Gasteiger partial charge in [-0.3, -0.25) is 4.79 Å². The van der Waals surface area contributed by atoms with Crippen LogP contribution in [0.1, 0.15) is 37.7 Å². The molecule has 0 aliphatic carbocycles. The van der Waals surface area contributed by atoms with E-state index in [1.807, 2.05) is 28.8 Å². The Morgan fingerprint density at radius 2 is 2.22 bits per heavy atom. The van der Waals surface area contributed by atoms with Crippen molar-refractivity contribution in [3.8, 4) is 5.75 Å². The molecule has 0 saturated heterocycles. The highest BCUT2D eigenvalue weighted by molar-refractivity contribution is 5.81. The second kappa shape index (κ2) is 6.40. The van der Waals surface area contributed by atoms with Gasteiger partial charge in [0.15, 0.2) is 11.9 Å². The zero-order valence-corrected chi connectivity index (χ0v) is 13.8. The van der Waals surface area contributed by atoms with E-state index in [1.54, 1.807) is 18.3 Å². The molecule has 3 rings (SSSR count). The molecule has 2 aromatic rings. The summed E-state index contributed by atoms with van der Waals surface area (Å²) in [4.78, 5) is 14.3. The summed E-state index contributed by atoms with van der Waals surface area (Å²) >= 11 is 0. The summed E-state index contributed by atoms with van der Waals surface area (Å²) < 4.78 is 7.85. The van der Waals surface area contributed by atoms with Crippen LogP contribution in [0.25, 0.3) is 0 Å². The smallest absolute Gasteiger partial charge is 0.263 e. The fraction of sp³-hybridized carbons (Fsp3) is 0.471. The molecule has 1 aliphatic rings. The van der Waals surface area contributed by atoms with Gasteiger partial charge in [0.2, 0.25) is 0 Å². The number of hydrogen-bond acceptors (Lipinski definition) is 4. The fourth-order valence-electron chi connectivity index (χ4n) is 2.84. The zero-order chi connectivity index (χ0) is 16.4. The number of benzene rings is 1. The van der Waals surface area contributed by atoms with Gasteiger partial charge in [-0.2, -0.15) is 0 Å². The Balaban J connectivity index is 1.67. The third-order valence-corrected chi connectivity index (χ3v) is 4.15. The van der Waals surface area contributed by atoms with E-state index in [1.165, 1.54) is 5.56 Å². The summed E-state index contributed by atoms with van der Waals surface area (Å²) in [6, 6.07) is 8.16. The molecule has 1 unspecified atom stereocenters. The van der Waals surface area contributed by atoms with Crippen LogP contribution in [0, 0.1) is 0 Å². The summed E-state index contributed by atoms with van der Waals surface area (Å²) in [6.45, 7) is 4.56. The van der Waals surface area contributed by atoms with Gasteiger partial charge in [0.05, 0.1) is 6.54 Å². The normalized spacial score (nSPS) is 16.8. The highest BCUT2D eigenvalue weighted by atomic mass is 16.5. The van der Waals surface area contributed by atoms with Crippen LogP contribution in [0.3, 0.4) is 0 Å². The maximum atomic E-state index is 12.7. The minimum atomic E-state index is -0.426. The van der Waals surface area contributed by atoms with E-state index in [2.05, 4.69) is 24.0 Å². The topological polar surface area (TPSA) is 60.2 Å². The minimum Gasteiger partial charge on any atom is -0.480 e. The van der Waals surface area contributed by atoms with Crippen molar-refractivity contribution in [1.82, 2.24) is 19.7 Å². The molecule has 6 nitrogen and oxygen atoms in total. The van der Waals surface area contributed by atoms with Crippen molar-refractivity contribution in [2.24, 2.45) is 0 Å². The van der Waals surface area contributed by atoms with E-state index in [0.29, 0.717) is 13.0 Å². The first kappa shape index (κ1) is 15.5. The molecule has 122 valence electrons. The first-order valence-corrected chi connectivity index (χ1v) is 7.94. The lowest BCUT2D eigenvalue weighted by molar-refractivity contribution is -0.138. The Morgan fingerprint density at radius 1 is 1.43 bits per heavy atom. The minimum absolute atomic E-state index is 0.0159. The van der Waals surface area contributed by atoms with Crippen molar-refractivity contribution >= 4 is 5.91 Å². The average Bonchev–Trinajstić information content (AvgIpc) is 3.02. The van der Waals surface area contributed by atoms with Gasteiger partial charge in [-0.25, -0.2) is 0 Å². The number of amides is 1. The van der Waals surface area contributed by atoms with Gasteiger partial charge in [-0.05, 0) is 38.3 Å². The highest BCUT2D eigenvalue weighted by Crippen LogP contribution is 2.27. The number of aryl methyl sites for hydroxylation is 1. The van der Waals surface area contributed by atoms with Crippen molar-refractivity contribution in [3.63, 3.8) is 0 Å². The van der Waals surface area contributed by atoms with E-state index < -0.39 is 6.10 Å². The van der Waals surface area contributed by atoms with E-state index >= 15 is 0 Å². The summed E-state index contributed by atoms with van der Waals surface area (Å²) in [6.07, 6.45) is 2.84. The Hall–Kier alpha value is -2.37. The molecular weight excluding hydrogens is 292 g/mol. The number of carbonyl (C=O) groups excluding carboxylic acids is 1. The zero-order valence-electron chi connectivity index (χ0n) is 13.8. The molecule has 0 fully saturated rings. The van der Waals surface area contributed by atoms with E-state index in [-0.39, 0.29) is 11.9 Å². The summed E-state index contributed by atoms with van der Waals surface area (Å²) in [5, 5.41) is 8.06. The van der Waals surface area contributed by atoms with Crippen LogP contribution in [0.4, 0.5) is 0 Å². The third-order valence-electron chi connectivity index (χ3n) is 4.15. The summed E-state index contributed by atoms with van der Waals surface area (Å²) in [7, 11) is 1.78. The Bertz CT molecular complexity index is 695. The van der Waals surface area contributed by atoms with Crippen LogP contribution >= 0.6 is 0 Å². The van der Waals surface area contributed by atoms with Gasteiger partial charge >= 0.3 is 0 Å². The molecule has 1 aliphatic heterocycles. The molecular formula is C17H22N4O2. The largest absolute Gasteiger partial charge is 0.480 e. The van der Waals surface area contributed by atoms with Gasteiger partial charge in [0, 0.05) is 13.1 Å². The van der Waals surface area contributed by atoms with Crippen molar-refractivity contribution < 1.29 is 9.53 Å². The second-order valence-electron chi connectivity index (χ2n) is 6.20. The van der Waals surface area contributed by atoms with E-state index in [9.17, 15) is 4.79 Å². The van der Waals surface area contributed by atoms with Crippen LogP contribution in [-0.2, 0) is 17.8 Å². The number of hydrogen-bond donors (Lipinski definition) is 0. The molecule has 0 bridgehead atoms. The first-order valence-electron chi connectivity index (χ1n) is 7.94. The molecule has 0 saturated carbocycles. The highest BCUT2D eigenvalue weighted by Gasteiger charge is 2.29. The lowest BCUT2D eigenvalue weighted by atomic mass is 10.0. The monoisotopic (exact) mass is 314 g/mol. The van der Waals surface area contributed by atoms with Crippen LogP contribution in [0.15, 0.2) is 30.6 Å². The maximum Gasteiger partial charge on any atom is 0.263 e. The van der Waals surface area contributed by atoms with Crippen LogP contribution in [-0.4, -0.2) is 38.7 Å². The SMILES string of the molecule is CC(C)n1cnnc1CN(C)C(=O)C1CCc2ccccc2O1. The van der Waals surface area contributed by atoms with Crippen LogP contribution in [0.2, 0.25) is 0 Å². The number of aromatic nitrogens is 3. The first-order chi connectivity index (χ1) is 11.1. The maximum absolute atomic E-state index is 12.7. The van der Waals surface area contributed by atoms with Gasteiger partial charge in [0.1, 0.15) is 12.1 Å². The molecule has 0 radical (unpaired) electrons. The molecule has 0 spiro atoms. The van der Waals surface area contributed by atoms with Crippen molar-refractivity contribution in [1.29, 1.82) is 0 Å². The predicted octanol–water partition coefficient (Wildman–Crippen LogP) is 2.21. The Kier molecular flexibility index (Phi) is 4.32. The number of para-hydroxylation sites is 1. The molecule has 1 aromatic heterocycles. The molecule has 1 atom stereocenters. The van der Waals surface area contributed by atoms with Gasteiger partial charge in [0.25, 0.3) is 5.91 Å². The molecule has 23 heavy (non-hydrogen) atoms. The standard InChI is InChI=1S/C17H22N4O2/c1-12(2)21-11-18-19-16(21)10-20(3)17(22)15-9-8-13-6-4-5-7-14(13)23-15/h4-7,11-12,15H,8-10H2,1-3H3. The number of nitrogens with zero attached hydrogens (tertiary/aromatic N) is 4. The molecule has 2 heterocycles. The quantitative estimate of drug-likeness (QED) is 0.868. The Labute approximate surface area is 136 Å².